The first kappa shape index (κ1) is 13.6. The Balaban J connectivity index is 1.43. The number of hydrogen-bond acceptors (Lipinski definition) is 3. The van der Waals surface area contributed by atoms with Gasteiger partial charge in [-0.2, -0.15) is 5.10 Å². The summed E-state index contributed by atoms with van der Waals surface area (Å²) in [5.74, 6) is 0.371. The van der Waals surface area contributed by atoms with Crippen molar-refractivity contribution in [1.82, 2.24) is 19.6 Å². The van der Waals surface area contributed by atoms with E-state index in [-0.39, 0.29) is 0 Å². The van der Waals surface area contributed by atoms with Gasteiger partial charge in [-0.05, 0) is 31.7 Å². The summed E-state index contributed by atoms with van der Waals surface area (Å²) in [4.78, 5) is 16.4. The van der Waals surface area contributed by atoms with E-state index in [1.54, 1.807) is 0 Å². The van der Waals surface area contributed by atoms with Crippen molar-refractivity contribution in [3.63, 3.8) is 0 Å². The zero-order chi connectivity index (χ0) is 13.9. The normalized spacial score (nSPS) is 21.9. The molecule has 0 spiro atoms. The Morgan fingerprint density at radius 3 is 2.65 bits per heavy atom. The van der Waals surface area contributed by atoms with Gasteiger partial charge in [-0.25, -0.2) is 0 Å². The fourth-order valence-electron chi connectivity index (χ4n) is 3.34. The second-order valence-electron chi connectivity index (χ2n) is 6.04. The Kier molecular flexibility index (Phi) is 4.05. The molecule has 110 valence electrons. The largest absolute Gasteiger partial charge is 0.340 e. The standard InChI is InChI=1S/C15H24N4O/c1-13-11-16-18(12-13)10-9-17-7-4-14(5-8-17)19-6-2-3-15(19)20/h11-12,14H,2-10H2,1H3. The number of hydrogen-bond donors (Lipinski definition) is 0. The average Bonchev–Trinajstić information content (AvgIpc) is 3.06. The van der Waals surface area contributed by atoms with E-state index >= 15 is 0 Å². The van der Waals surface area contributed by atoms with Crippen LogP contribution in [0.5, 0.6) is 0 Å². The van der Waals surface area contributed by atoms with Gasteiger partial charge >= 0.3 is 0 Å². The molecule has 2 aliphatic rings. The third kappa shape index (κ3) is 3.03. The van der Waals surface area contributed by atoms with E-state index in [1.165, 1.54) is 5.56 Å². The fourth-order valence-corrected chi connectivity index (χ4v) is 3.34. The zero-order valence-corrected chi connectivity index (χ0v) is 12.3. The number of amides is 1. The fraction of sp³-hybridized carbons (Fsp3) is 0.733. The topological polar surface area (TPSA) is 41.4 Å². The molecule has 3 rings (SSSR count). The van der Waals surface area contributed by atoms with E-state index < -0.39 is 0 Å². The van der Waals surface area contributed by atoms with E-state index in [2.05, 4.69) is 28.0 Å². The first-order chi connectivity index (χ1) is 9.72. The van der Waals surface area contributed by atoms with Crippen molar-refractivity contribution in [2.24, 2.45) is 0 Å². The molecule has 0 aromatic carbocycles. The minimum Gasteiger partial charge on any atom is -0.340 e. The predicted molar refractivity (Wildman–Crippen MR) is 77.4 cm³/mol. The van der Waals surface area contributed by atoms with Gasteiger partial charge in [0.1, 0.15) is 0 Å². The van der Waals surface area contributed by atoms with E-state index in [0.717, 1.165) is 58.4 Å². The van der Waals surface area contributed by atoms with E-state index in [0.29, 0.717) is 11.9 Å². The van der Waals surface area contributed by atoms with E-state index in [4.69, 9.17) is 0 Å². The molecular formula is C15H24N4O. The van der Waals surface area contributed by atoms with Gasteiger partial charge in [0.15, 0.2) is 0 Å². The molecule has 1 amide bonds. The SMILES string of the molecule is Cc1cnn(CCN2CCC(N3CCCC3=O)CC2)c1. The molecule has 3 heterocycles. The molecule has 0 aliphatic carbocycles. The van der Waals surface area contributed by atoms with Crippen molar-refractivity contribution in [3.05, 3.63) is 18.0 Å². The van der Waals surface area contributed by atoms with Crippen LogP contribution in [0.3, 0.4) is 0 Å². The van der Waals surface area contributed by atoms with Crippen LogP contribution in [0.25, 0.3) is 0 Å². The second kappa shape index (κ2) is 5.95. The van der Waals surface area contributed by atoms with Crippen molar-refractivity contribution in [2.45, 2.75) is 45.2 Å². The molecular weight excluding hydrogens is 252 g/mol. The Morgan fingerprint density at radius 2 is 2.05 bits per heavy atom. The van der Waals surface area contributed by atoms with Gasteiger partial charge in [0.25, 0.3) is 0 Å². The summed E-state index contributed by atoms with van der Waals surface area (Å²) in [7, 11) is 0. The van der Waals surface area contributed by atoms with Crippen LogP contribution in [0.15, 0.2) is 12.4 Å². The molecule has 0 bridgehead atoms. The molecule has 0 radical (unpaired) electrons. The zero-order valence-electron chi connectivity index (χ0n) is 12.3. The van der Waals surface area contributed by atoms with E-state index in [1.807, 2.05) is 10.9 Å². The lowest BCUT2D eigenvalue weighted by atomic mass is 10.0. The average molecular weight is 276 g/mol. The van der Waals surface area contributed by atoms with Crippen LogP contribution >= 0.6 is 0 Å². The van der Waals surface area contributed by atoms with Crippen LogP contribution in [0.4, 0.5) is 0 Å². The van der Waals surface area contributed by atoms with Crippen LogP contribution in [0, 0.1) is 6.92 Å². The smallest absolute Gasteiger partial charge is 0.222 e. The van der Waals surface area contributed by atoms with Gasteiger partial charge < -0.3 is 9.80 Å². The monoisotopic (exact) mass is 276 g/mol. The summed E-state index contributed by atoms with van der Waals surface area (Å²) in [6, 6.07) is 0.494. The minimum atomic E-state index is 0.371. The highest BCUT2D eigenvalue weighted by atomic mass is 16.2. The molecule has 0 N–H and O–H groups in total. The summed E-state index contributed by atoms with van der Waals surface area (Å²) in [5.41, 5.74) is 1.22. The van der Waals surface area contributed by atoms with Crippen molar-refractivity contribution in [3.8, 4) is 0 Å². The number of likely N-dealkylation sites (tertiary alicyclic amines) is 2. The van der Waals surface area contributed by atoms with Gasteiger partial charge in [0.05, 0.1) is 12.7 Å². The lowest BCUT2D eigenvalue weighted by molar-refractivity contribution is -0.130. The molecule has 1 aromatic rings. The van der Waals surface area contributed by atoms with Crippen LogP contribution in [-0.2, 0) is 11.3 Å². The van der Waals surface area contributed by atoms with Crippen molar-refractivity contribution in [2.75, 3.05) is 26.2 Å². The molecule has 20 heavy (non-hydrogen) atoms. The highest BCUT2D eigenvalue weighted by molar-refractivity contribution is 5.78. The minimum absolute atomic E-state index is 0.371. The number of rotatable bonds is 4. The lowest BCUT2D eigenvalue weighted by Gasteiger charge is -2.36. The third-order valence-corrected chi connectivity index (χ3v) is 4.52. The molecule has 1 aromatic heterocycles. The van der Waals surface area contributed by atoms with Crippen molar-refractivity contribution < 1.29 is 4.79 Å². The maximum Gasteiger partial charge on any atom is 0.222 e. The van der Waals surface area contributed by atoms with Crippen LogP contribution in [-0.4, -0.2) is 57.7 Å². The molecule has 0 unspecified atom stereocenters. The first-order valence-corrected chi connectivity index (χ1v) is 7.73. The van der Waals surface area contributed by atoms with Crippen molar-refractivity contribution in [1.29, 1.82) is 0 Å². The van der Waals surface area contributed by atoms with Crippen LogP contribution in [0.1, 0.15) is 31.2 Å². The van der Waals surface area contributed by atoms with Gasteiger partial charge in [0, 0.05) is 44.8 Å². The Bertz CT molecular complexity index is 462. The lowest BCUT2D eigenvalue weighted by Crippen LogP contribution is -2.46. The molecule has 5 heteroatoms. The summed E-state index contributed by atoms with van der Waals surface area (Å²) in [6.45, 7) is 7.28. The quantitative estimate of drug-likeness (QED) is 0.832. The molecule has 5 nitrogen and oxygen atoms in total. The predicted octanol–water partition coefficient (Wildman–Crippen LogP) is 1.28. The number of carbonyl (C=O) groups excluding carboxylic acids is 1. The van der Waals surface area contributed by atoms with Gasteiger partial charge in [-0.3, -0.25) is 9.48 Å². The number of piperidine rings is 1. The van der Waals surface area contributed by atoms with Gasteiger partial charge in [0.2, 0.25) is 5.91 Å². The molecule has 2 fully saturated rings. The van der Waals surface area contributed by atoms with E-state index in [9.17, 15) is 4.79 Å². The summed E-state index contributed by atoms with van der Waals surface area (Å²) >= 11 is 0. The molecule has 0 atom stereocenters. The summed E-state index contributed by atoms with van der Waals surface area (Å²) in [6.07, 6.45) is 8.07. The Labute approximate surface area is 120 Å². The van der Waals surface area contributed by atoms with Crippen molar-refractivity contribution >= 4 is 5.91 Å². The summed E-state index contributed by atoms with van der Waals surface area (Å²) in [5, 5.41) is 4.33. The maximum absolute atomic E-state index is 11.8. The summed E-state index contributed by atoms with van der Waals surface area (Å²) < 4.78 is 2.02. The highest BCUT2D eigenvalue weighted by Gasteiger charge is 2.30. The third-order valence-electron chi connectivity index (χ3n) is 4.52. The first-order valence-electron chi connectivity index (χ1n) is 7.73. The number of carbonyl (C=O) groups is 1. The molecule has 2 aliphatic heterocycles. The molecule has 2 saturated heterocycles. The van der Waals surface area contributed by atoms with Crippen LogP contribution in [0.2, 0.25) is 0 Å². The number of aryl methyl sites for hydroxylation is 1. The van der Waals surface area contributed by atoms with Gasteiger partial charge in [-0.1, -0.05) is 0 Å². The number of nitrogens with zero attached hydrogens (tertiary/aromatic N) is 4. The highest BCUT2D eigenvalue weighted by Crippen LogP contribution is 2.21. The Morgan fingerprint density at radius 1 is 1.25 bits per heavy atom. The second-order valence-corrected chi connectivity index (χ2v) is 6.04. The number of aromatic nitrogens is 2. The molecule has 0 saturated carbocycles. The van der Waals surface area contributed by atoms with Crippen LogP contribution < -0.4 is 0 Å². The maximum atomic E-state index is 11.8. The van der Waals surface area contributed by atoms with Gasteiger partial charge in [-0.15, -0.1) is 0 Å². The Hall–Kier alpha value is -1.36.